The molecule has 4 aromatic rings. The maximum atomic E-state index is 14.3. The second-order valence-corrected chi connectivity index (χ2v) is 11.3. The first-order chi connectivity index (χ1) is 20.0. The molecule has 2 aliphatic heterocycles. The Bertz CT molecular complexity index is 1550. The van der Waals surface area contributed by atoms with Crippen LogP contribution in [0.1, 0.15) is 54.7 Å². The molecule has 2 aliphatic rings. The van der Waals surface area contributed by atoms with E-state index in [0.717, 1.165) is 70.6 Å². The van der Waals surface area contributed by atoms with Crippen molar-refractivity contribution in [1.82, 2.24) is 4.31 Å². The third-order valence-corrected chi connectivity index (χ3v) is 9.52. The number of anilines is 3. The molecule has 0 aliphatic carbocycles. The second kappa shape index (κ2) is 10.7. The Morgan fingerprint density at radius 3 is 1.83 bits per heavy atom. The van der Waals surface area contributed by atoms with Crippen LogP contribution in [-0.2, 0) is 5.54 Å². The van der Waals surface area contributed by atoms with Crippen molar-refractivity contribution in [2.24, 2.45) is 0 Å². The highest BCUT2D eigenvalue weighted by atomic mass is 32.2. The zero-order valence-electron chi connectivity index (χ0n) is 24.1. The van der Waals surface area contributed by atoms with Gasteiger partial charge in [-0.05, 0) is 70.0 Å². The van der Waals surface area contributed by atoms with Crippen LogP contribution in [0.15, 0.2) is 89.8 Å². The van der Waals surface area contributed by atoms with E-state index in [1.165, 1.54) is 11.9 Å². The fraction of sp³-hybridized carbons (Fsp3) is 0.265. The van der Waals surface area contributed by atoms with E-state index in [9.17, 15) is 4.79 Å². The van der Waals surface area contributed by atoms with Gasteiger partial charge >= 0.3 is 0 Å². The van der Waals surface area contributed by atoms with Crippen molar-refractivity contribution in [2.75, 3.05) is 41.7 Å². The Hall–Kier alpha value is -4.10. The molecule has 0 atom stereocenters. The highest BCUT2D eigenvalue weighted by Gasteiger charge is 2.57. The van der Waals surface area contributed by atoms with Crippen molar-refractivity contribution >= 4 is 34.9 Å². The van der Waals surface area contributed by atoms with Gasteiger partial charge in [-0.25, -0.2) is 0 Å². The van der Waals surface area contributed by atoms with Crippen LogP contribution in [0.3, 0.4) is 0 Å². The van der Waals surface area contributed by atoms with Crippen LogP contribution in [0.5, 0.6) is 11.5 Å². The normalized spacial score (nSPS) is 14.3. The van der Waals surface area contributed by atoms with Crippen molar-refractivity contribution in [3.8, 4) is 11.5 Å². The van der Waals surface area contributed by atoms with Crippen LogP contribution < -0.4 is 20.3 Å². The lowest BCUT2D eigenvalue weighted by Gasteiger charge is -2.44. The van der Waals surface area contributed by atoms with Crippen molar-refractivity contribution < 1.29 is 9.53 Å². The average molecular weight is 565 g/mol. The predicted molar refractivity (Wildman–Crippen MR) is 169 cm³/mol. The largest absolute Gasteiger partial charge is 0.456 e. The molecule has 0 bridgehead atoms. The molecule has 210 valence electrons. The zero-order valence-corrected chi connectivity index (χ0v) is 24.9. The van der Waals surface area contributed by atoms with Crippen molar-refractivity contribution in [2.45, 2.75) is 38.1 Å². The summed E-state index contributed by atoms with van der Waals surface area (Å²) in [5, 5.41) is 0. The van der Waals surface area contributed by atoms with Gasteiger partial charge in [0.25, 0.3) is 5.91 Å². The maximum absolute atomic E-state index is 14.3. The molecule has 0 unspecified atom stereocenters. The molecular formula is C34H36N4O2S. The monoisotopic (exact) mass is 564 g/mol. The molecule has 1 amide bonds. The van der Waals surface area contributed by atoms with E-state index in [1.807, 2.05) is 46.8 Å². The van der Waals surface area contributed by atoms with Crippen LogP contribution in [0.4, 0.5) is 17.1 Å². The standard InChI is InChI=1S/C34H36N4O2S/c1-5-36(6-2)23-17-19-27-30(21-23)40-31-22-24(37(7-3)8-4)18-20-28(31)34(27)26-14-10-9-13-25(26)33(39)38(34)41-32-16-12-11-15-29(32)35/h9-22H,5-8,35H2,1-4H3. The lowest BCUT2D eigenvalue weighted by molar-refractivity contribution is 0.0840. The summed E-state index contributed by atoms with van der Waals surface area (Å²) in [5.41, 5.74) is 11.9. The molecule has 0 radical (unpaired) electrons. The van der Waals surface area contributed by atoms with Gasteiger partial charge in [0, 0.05) is 77.6 Å². The molecular weight excluding hydrogens is 528 g/mol. The van der Waals surface area contributed by atoms with E-state index in [1.54, 1.807) is 0 Å². The van der Waals surface area contributed by atoms with Crippen molar-refractivity contribution in [3.05, 3.63) is 107 Å². The molecule has 1 spiro atoms. The summed E-state index contributed by atoms with van der Waals surface area (Å²) < 4.78 is 8.69. The minimum absolute atomic E-state index is 0.0479. The van der Waals surface area contributed by atoms with Gasteiger partial charge in [0.1, 0.15) is 17.0 Å². The number of nitrogen functional groups attached to an aromatic ring is 1. The number of rotatable bonds is 8. The number of para-hydroxylation sites is 1. The predicted octanol–water partition coefficient (Wildman–Crippen LogP) is 7.52. The van der Waals surface area contributed by atoms with Crippen LogP contribution in [0.2, 0.25) is 0 Å². The number of ether oxygens (including phenoxy) is 1. The van der Waals surface area contributed by atoms with E-state index >= 15 is 0 Å². The number of carbonyl (C=O) groups excluding carboxylic acids is 1. The lowest BCUT2D eigenvalue weighted by atomic mass is 9.75. The summed E-state index contributed by atoms with van der Waals surface area (Å²) in [7, 11) is 0. The minimum atomic E-state index is -0.910. The first kappa shape index (κ1) is 27.1. The van der Waals surface area contributed by atoms with Crippen molar-refractivity contribution in [1.29, 1.82) is 0 Å². The minimum Gasteiger partial charge on any atom is -0.456 e. The number of amides is 1. The fourth-order valence-corrected chi connectivity index (χ4v) is 7.38. The summed E-state index contributed by atoms with van der Waals surface area (Å²) in [6.07, 6.45) is 0. The van der Waals surface area contributed by atoms with Gasteiger partial charge in [0.05, 0.1) is 4.90 Å². The Morgan fingerprint density at radius 2 is 1.27 bits per heavy atom. The number of nitrogens with two attached hydrogens (primary N) is 1. The molecule has 0 fully saturated rings. The van der Waals surface area contributed by atoms with E-state index in [0.29, 0.717) is 11.3 Å². The van der Waals surface area contributed by atoms with E-state index in [4.69, 9.17) is 10.5 Å². The number of nitrogens with zero attached hydrogens (tertiary/aromatic N) is 3. The van der Waals surface area contributed by atoms with Gasteiger partial charge in [-0.3, -0.25) is 9.10 Å². The Labute approximate surface area is 246 Å². The SMILES string of the molecule is CCN(CC)c1ccc2c(c1)Oc1cc(N(CC)CC)ccc1C21c2ccccc2C(=O)N1Sc1ccccc1N. The Balaban J connectivity index is 1.66. The molecule has 0 saturated heterocycles. The molecule has 0 saturated carbocycles. The third-order valence-electron chi connectivity index (χ3n) is 8.33. The zero-order chi connectivity index (χ0) is 28.7. The topological polar surface area (TPSA) is 62.0 Å². The van der Waals surface area contributed by atoms with Gasteiger partial charge in [0.2, 0.25) is 0 Å². The maximum Gasteiger partial charge on any atom is 0.265 e. The number of hydrogen-bond donors (Lipinski definition) is 1. The van der Waals surface area contributed by atoms with Crippen LogP contribution in [0, 0.1) is 0 Å². The number of hydrogen-bond acceptors (Lipinski definition) is 6. The summed E-state index contributed by atoms with van der Waals surface area (Å²) in [6, 6.07) is 28.5. The molecule has 4 aromatic carbocycles. The summed E-state index contributed by atoms with van der Waals surface area (Å²) in [6.45, 7) is 12.2. The summed E-state index contributed by atoms with van der Waals surface area (Å²) in [5.74, 6) is 1.47. The number of fused-ring (bicyclic) bond motifs is 6. The first-order valence-corrected chi connectivity index (χ1v) is 15.2. The van der Waals surface area contributed by atoms with Gasteiger partial charge in [-0.15, -0.1) is 0 Å². The quantitative estimate of drug-likeness (QED) is 0.176. The summed E-state index contributed by atoms with van der Waals surface area (Å²) in [4.78, 5) is 19.8. The molecule has 6 nitrogen and oxygen atoms in total. The molecule has 2 N–H and O–H groups in total. The average Bonchev–Trinajstić information content (AvgIpc) is 3.23. The highest BCUT2D eigenvalue weighted by molar-refractivity contribution is 7.97. The van der Waals surface area contributed by atoms with Crippen LogP contribution in [-0.4, -0.2) is 36.4 Å². The van der Waals surface area contributed by atoms with E-state index in [-0.39, 0.29) is 5.91 Å². The number of benzene rings is 4. The van der Waals surface area contributed by atoms with E-state index < -0.39 is 5.54 Å². The molecule has 7 heteroatoms. The van der Waals surface area contributed by atoms with Gasteiger partial charge in [-0.1, -0.05) is 42.5 Å². The third kappa shape index (κ3) is 4.13. The first-order valence-electron chi connectivity index (χ1n) is 14.4. The van der Waals surface area contributed by atoms with Gasteiger partial charge in [0.15, 0.2) is 0 Å². The molecule has 6 rings (SSSR count). The number of carbonyl (C=O) groups is 1. The Morgan fingerprint density at radius 1 is 0.732 bits per heavy atom. The summed E-state index contributed by atoms with van der Waals surface area (Å²) >= 11 is 1.40. The van der Waals surface area contributed by atoms with Gasteiger partial charge < -0.3 is 20.3 Å². The molecule has 2 heterocycles. The smallest absolute Gasteiger partial charge is 0.265 e. The van der Waals surface area contributed by atoms with E-state index in [2.05, 4.69) is 80.0 Å². The highest BCUT2D eigenvalue weighted by Crippen LogP contribution is 2.61. The lowest BCUT2D eigenvalue weighted by Crippen LogP contribution is -2.43. The van der Waals surface area contributed by atoms with Crippen LogP contribution in [0.25, 0.3) is 0 Å². The van der Waals surface area contributed by atoms with Gasteiger partial charge in [-0.2, -0.15) is 0 Å². The fourth-order valence-electron chi connectivity index (χ4n) is 6.26. The van der Waals surface area contributed by atoms with Crippen molar-refractivity contribution in [3.63, 3.8) is 0 Å². The molecule has 0 aromatic heterocycles. The Kier molecular flexibility index (Phi) is 7.08. The van der Waals surface area contributed by atoms with Crippen LogP contribution >= 0.6 is 11.9 Å². The molecule has 41 heavy (non-hydrogen) atoms. The second-order valence-electron chi connectivity index (χ2n) is 10.3.